The van der Waals surface area contributed by atoms with E-state index in [-0.39, 0.29) is 0 Å². The summed E-state index contributed by atoms with van der Waals surface area (Å²) < 4.78 is 5.33. The standard InChI is InChI=1S/C15H31N3Si/c1-6-15-11-13-16-19(14-12-15,17(7-2)8-3)18(9-4)10-5/h11-13,16H,6-10,14H2,1-5H3. The Kier molecular flexibility index (Phi) is 6.83. The fourth-order valence-electron chi connectivity index (χ4n) is 3.08. The molecule has 0 aromatic carbocycles. The molecule has 0 amide bonds. The molecule has 0 aromatic heterocycles. The first-order valence-electron chi connectivity index (χ1n) is 7.81. The number of nitrogens with zero attached hydrogens (tertiary/aromatic N) is 2. The van der Waals surface area contributed by atoms with Gasteiger partial charge in [0.15, 0.2) is 0 Å². The lowest BCUT2D eigenvalue weighted by Crippen LogP contribution is -2.72. The normalized spacial score (nSPS) is 18.4. The van der Waals surface area contributed by atoms with E-state index in [0.717, 1.165) is 32.6 Å². The van der Waals surface area contributed by atoms with E-state index < -0.39 is 8.56 Å². The summed E-state index contributed by atoms with van der Waals surface area (Å²) in [5.41, 5.74) is 1.46. The summed E-state index contributed by atoms with van der Waals surface area (Å²) in [6.45, 7) is 15.8. The summed E-state index contributed by atoms with van der Waals surface area (Å²) in [4.78, 5) is 3.82. The molecule has 0 atom stereocenters. The van der Waals surface area contributed by atoms with Gasteiger partial charge in [0.25, 0.3) is 0 Å². The first-order valence-corrected chi connectivity index (χ1v) is 9.91. The number of hydrogen-bond donors (Lipinski definition) is 1. The van der Waals surface area contributed by atoms with Gasteiger partial charge in [-0.05, 0) is 44.9 Å². The smallest absolute Gasteiger partial charge is 0.320 e. The molecule has 3 nitrogen and oxygen atoms in total. The average Bonchev–Trinajstić information content (AvgIpc) is 2.65. The topological polar surface area (TPSA) is 18.5 Å². The van der Waals surface area contributed by atoms with Gasteiger partial charge >= 0.3 is 8.56 Å². The van der Waals surface area contributed by atoms with Crippen molar-refractivity contribution in [2.75, 3.05) is 26.2 Å². The second-order valence-corrected chi connectivity index (χ2v) is 8.57. The third-order valence-corrected chi connectivity index (χ3v) is 9.00. The molecule has 0 aromatic rings. The second kappa shape index (κ2) is 7.87. The molecular weight excluding hydrogens is 250 g/mol. The van der Waals surface area contributed by atoms with Crippen molar-refractivity contribution >= 4 is 8.56 Å². The van der Waals surface area contributed by atoms with Crippen LogP contribution in [0.15, 0.2) is 23.9 Å². The third kappa shape index (κ3) is 3.49. The van der Waals surface area contributed by atoms with Crippen LogP contribution in [-0.2, 0) is 0 Å². The van der Waals surface area contributed by atoms with E-state index >= 15 is 0 Å². The van der Waals surface area contributed by atoms with E-state index in [0.29, 0.717) is 0 Å². The van der Waals surface area contributed by atoms with Crippen molar-refractivity contribution in [3.05, 3.63) is 23.9 Å². The highest BCUT2D eigenvalue weighted by Gasteiger charge is 2.43. The average molecular weight is 282 g/mol. The fourth-order valence-corrected chi connectivity index (χ4v) is 7.47. The zero-order valence-corrected chi connectivity index (χ0v) is 14.4. The first-order chi connectivity index (χ1) is 9.18. The van der Waals surface area contributed by atoms with Gasteiger partial charge in [-0.25, -0.2) is 0 Å². The lowest BCUT2D eigenvalue weighted by atomic mass is 10.2. The summed E-state index contributed by atoms with van der Waals surface area (Å²) in [5.74, 6) is 0. The highest BCUT2D eigenvalue weighted by Crippen LogP contribution is 2.22. The van der Waals surface area contributed by atoms with Crippen molar-refractivity contribution in [2.24, 2.45) is 0 Å². The van der Waals surface area contributed by atoms with Crippen molar-refractivity contribution in [2.45, 2.75) is 47.1 Å². The van der Waals surface area contributed by atoms with Gasteiger partial charge in [-0.3, -0.25) is 9.13 Å². The zero-order chi connectivity index (χ0) is 14.3. The Hall–Kier alpha value is -0.583. The van der Waals surface area contributed by atoms with Crippen LogP contribution >= 0.6 is 0 Å². The minimum Gasteiger partial charge on any atom is -0.392 e. The van der Waals surface area contributed by atoms with Crippen LogP contribution in [0.5, 0.6) is 0 Å². The highest BCUT2D eigenvalue weighted by molar-refractivity contribution is 6.72. The Bertz CT molecular complexity index is 305. The van der Waals surface area contributed by atoms with Crippen LogP contribution in [-0.4, -0.2) is 43.9 Å². The van der Waals surface area contributed by atoms with Gasteiger partial charge in [-0.15, -0.1) is 0 Å². The van der Waals surface area contributed by atoms with Crippen molar-refractivity contribution < 1.29 is 0 Å². The maximum atomic E-state index is 3.82. The molecular formula is C15H31N3Si. The molecule has 1 rings (SSSR count). The molecule has 19 heavy (non-hydrogen) atoms. The van der Waals surface area contributed by atoms with Crippen LogP contribution in [0.2, 0.25) is 6.04 Å². The van der Waals surface area contributed by atoms with Gasteiger partial charge in [0.1, 0.15) is 0 Å². The van der Waals surface area contributed by atoms with Crippen LogP contribution in [0.25, 0.3) is 0 Å². The highest BCUT2D eigenvalue weighted by atomic mass is 28.4. The molecule has 1 aliphatic heterocycles. The van der Waals surface area contributed by atoms with Crippen molar-refractivity contribution in [1.82, 2.24) is 14.1 Å². The Morgan fingerprint density at radius 1 is 1.00 bits per heavy atom. The Labute approximate surface area is 120 Å². The molecule has 0 bridgehead atoms. The Balaban J connectivity index is 3.12. The molecule has 1 heterocycles. The van der Waals surface area contributed by atoms with Crippen LogP contribution in [0, 0.1) is 0 Å². The van der Waals surface area contributed by atoms with E-state index in [2.05, 4.69) is 67.1 Å². The van der Waals surface area contributed by atoms with E-state index in [1.807, 2.05) is 0 Å². The monoisotopic (exact) mass is 281 g/mol. The zero-order valence-electron chi connectivity index (χ0n) is 13.4. The fraction of sp³-hybridized carbons (Fsp3) is 0.733. The van der Waals surface area contributed by atoms with Gasteiger partial charge < -0.3 is 4.98 Å². The summed E-state index contributed by atoms with van der Waals surface area (Å²) in [5, 5.41) is 0. The Morgan fingerprint density at radius 2 is 1.53 bits per heavy atom. The van der Waals surface area contributed by atoms with E-state index in [9.17, 15) is 0 Å². The first kappa shape index (κ1) is 16.5. The van der Waals surface area contributed by atoms with Gasteiger partial charge in [-0.2, -0.15) is 0 Å². The SMILES string of the molecule is CCC1=CC[Si](N(CC)CC)(N(CC)CC)NC=C1. The van der Waals surface area contributed by atoms with Crippen LogP contribution < -0.4 is 4.98 Å². The van der Waals surface area contributed by atoms with Crippen molar-refractivity contribution in [3.8, 4) is 0 Å². The second-order valence-electron chi connectivity index (χ2n) is 4.98. The lowest BCUT2D eigenvalue weighted by molar-refractivity contribution is 0.343. The minimum atomic E-state index is -1.80. The van der Waals surface area contributed by atoms with E-state index in [4.69, 9.17) is 0 Å². The van der Waals surface area contributed by atoms with Gasteiger partial charge in [0.05, 0.1) is 0 Å². The molecule has 0 aliphatic carbocycles. The molecule has 0 fully saturated rings. The molecule has 0 spiro atoms. The summed E-state index contributed by atoms with van der Waals surface area (Å²) in [6, 6.07) is 1.17. The molecule has 0 saturated carbocycles. The number of hydrogen-bond acceptors (Lipinski definition) is 3. The maximum Gasteiger partial charge on any atom is 0.320 e. The van der Waals surface area contributed by atoms with E-state index in [1.54, 1.807) is 0 Å². The largest absolute Gasteiger partial charge is 0.392 e. The van der Waals surface area contributed by atoms with Crippen LogP contribution in [0.1, 0.15) is 41.0 Å². The molecule has 110 valence electrons. The summed E-state index contributed by atoms with van der Waals surface area (Å²) >= 11 is 0. The number of nitrogens with one attached hydrogen (secondary N) is 1. The molecule has 1 aliphatic rings. The third-order valence-electron chi connectivity index (χ3n) is 4.24. The molecule has 0 saturated heterocycles. The maximum absolute atomic E-state index is 3.82. The predicted octanol–water partition coefficient (Wildman–Crippen LogP) is 3.06. The van der Waals surface area contributed by atoms with Gasteiger partial charge in [0, 0.05) is 6.04 Å². The van der Waals surface area contributed by atoms with Gasteiger partial charge in [0.2, 0.25) is 0 Å². The molecule has 0 radical (unpaired) electrons. The Morgan fingerprint density at radius 3 is 1.95 bits per heavy atom. The molecule has 0 unspecified atom stereocenters. The van der Waals surface area contributed by atoms with Crippen LogP contribution in [0.4, 0.5) is 0 Å². The number of rotatable bonds is 7. The predicted molar refractivity (Wildman–Crippen MR) is 87.1 cm³/mol. The molecule has 1 N–H and O–H groups in total. The van der Waals surface area contributed by atoms with Gasteiger partial charge in [-0.1, -0.05) is 46.3 Å². The number of allylic oxidation sites excluding steroid dienone is 3. The summed E-state index contributed by atoms with van der Waals surface area (Å²) in [7, 11) is -1.80. The van der Waals surface area contributed by atoms with Crippen molar-refractivity contribution in [3.63, 3.8) is 0 Å². The molecule has 4 heteroatoms. The summed E-state index contributed by atoms with van der Waals surface area (Å²) in [6.07, 6.45) is 8.03. The van der Waals surface area contributed by atoms with E-state index in [1.165, 1.54) is 11.6 Å². The van der Waals surface area contributed by atoms with Crippen LogP contribution in [0.3, 0.4) is 0 Å². The minimum absolute atomic E-state index is 1.12. The quantitative estimate of drug-likeness (QED) is 0.724. The van der Waals surface area contributed by atoms with Crippen molar-refractivity contribution in [1.29, 1.82) is 0 Å². The lowest BCUT2D eigenvalue weighted by Gasteiger charge is -2.46.